The Bertz CT molecular complexity index is 846. The van der Waals surface area contributed by atoms with Gasteiger partial charge >= 0.3 is 6.03 Å². The number of urea groups is 1. The Balaban J connectivity index is 1.62. The third kappa shape index (κ3) is 5.31. The van der Waals surface area contributed by atoms with Gasteiger partial charge in [0.05, 0.1) is 10.8 Å². The van der Waals surface area contributed by atoms with Gasteiger partial charge in [-0.3, -0.25) is 4.79 Å². The molecular weight excluding hydrogens is 404 g/mol. The zero-order valence-corrected chi connectivity index (χ0v) is 18.7. The van der Waals surface area contributed by atoms with Gasteiger partial charge in [0.1, 0.15) is 0 Å². The third-order valence-corrected chi connectivity index (χ3v) is 7.68. The molecule has 9 heteroatoms. The highest BCUT2D eigenvalue weighted by atomic mass is 32.2. The summed E-state index contributed by atoms with van der Waals surface area (Å²) >= 11 is 0. The minimum atomic E-state index is -3.50. The van der Waals surface area contributed by atoms with Gasteiger partial charge < -0.3 is 15.1 Å². The lowest BCUT2D eigenvalue weighted by Crippen LogP contribution is -2.47. The second-order valence-corrected chi connectivity index (χ2v) is 10.2. The van der Waals surface area contributed by atoms with Crippen molar-refractivity contribution in [2.24, 2.45) is 5.92 Å². The van der Waals surface area contributed by atoms with E-state index in [1.54, 1.807) is 47.6 Å². The lowest BCUT2D eigenvalue weighted by Gasteiger charge is -2.33. The summed E-state index contributed by atoms with van der Waals surface area (Å²) in [5.41, 5.74) is 0.561. The molecule has 2 saturated heterocycles. The third-order valence-electron chi connectivity index (χ3n) is 5.77. The van der Waals surface area contributed by atoms with Gasteiger partial charge in [0.25, 0.3) is 0 Å². The number of benzene rings is 1. The molecular formula is C21H32N4O4S. The Morgan fingerprint density at radius 1 is 0.967 bits per heavy atom. The van der Waals surface area contributed by atoms with E-state index in [1.165, 1.54) is 4.90 Å². The molecule has 8 nitrogen and oxygen atoms in total. The average Bonchev–Trinajstić information content (AvgIpc) is 3.04. The lowest BCUT2D eigenvalue weighted by atomic mass is 9.97. The van der Waals surface area contributed by atoms with Crippen LogP contribution in [-0.2, 0) is 14.8 Å². The highest BCUT2D eigenvalue weighted by Crippen LogP contribution is 2.23. The Kier molecular flexibility index (Phi) is 7.36. The number of hydrogen-bond donors (Lipinski definition) is 1. The Morgan fingerprint density at radius 2 is 1.60 bits per heavy atom. The van der Waals surface area contributed by atoms with E-state index in [0.717, 1.165) is 38.5 Å². The zero-order valence-electron chi connectivity index (χ0n) is 17.8. The fourth-order valence-electron chi connectivity index (χ4n) is 4.03. The molecule has 30 heavy (non-hydrogen) atoms. The first-order valence-corrected chi connectivity index (χ1v) is 12.1. The van der Waals surface area contributed by atoms with Crippen LogP contribution in [0.1, 0.15) is 38.5 Å². The van der Waals surface area contributed by atoms with Crippen molar-refractivity contribution in [3.63, 3.8) is 0 Å². The van der Waals surface area contributed by atoms with Crippen LogP contribution in [0.3, 0.4) is 0 Å². The van der Waals surface area contributed by atoms with Crippen LogP contribution in [0, 0.1) is 5.92 Å². The van der Waals surface area contributed by atoms with Gasteiger partial charge in [-0.2, -0.15) is 4.31 Å². The largest absolute Gasteiger partial charge is 0.331 e. The lowest BCUT2D eigenvalue weighted by molar-refractivity contribution is -0.121. The standard InChI is InChI=1S/C21H32N4O4S/c1-23(2)21(27)24-13-7-8-17(16-24)20(26)22-18-9-11-19(12-10-18)30(28,29)25-14-5-3-4-6-15-25/h9-12,17H,3-8,13-16H2,1-2H3,(H,22,26). The van der Waals surface area contributed by atoms with Crippen LogP contribution in [-0.4, -0.2) is 74.7 Å². The number of piperidine rings is 1. The first kappa shape index (κ1) is 22.6. The molecule has 1 atom stereocenters. The summed E-state index contributed by atoms with van der Waals surface area (Å²) in [6.07, 6.45) is 5.42. The minimum absolute atomic E-state index is 0.0874. The van der Waals surface area contributed by atoms with E-state index in [1.807, 2.05) is 0 Å². The molecule has 2 aliphatic rings. The molecule has 1 aromatic carbocycles. The number of nitrogens with zero attached hydrogens (tertiary/aromatic N) is 3. The van der Waals surface area contributed by atoms with E-state index in [2.05, 4.69) is 5.32 Å². The summed E-state index contributed by atoms with van der Waals surface area (Å²) in [4.78, 5) is 28.3. The van der Waals surface area contributed by atoms with E-state index in [4.69, 9.17) is 0 Å². The molecule has 0 radical (unpaired) electrons. The van der Waals surface area contributed by atoms with Gasteiger partial charge in [0.2, 0.25) is 15.9 Å². The molecule has 0 spiro atoms. The molecule has 2 fully saturated rings. The van der Waals surface area contributed by atoms with Crippen molar-refractivity contribution in [1.82, 2.24) is 14.1 Å². The molecule has 1 N–H and O–H groups in total. The molecule has 0 saturated carbocycles. The summed E-state index contributed by atoms with van der Waals surface area (Å²) in [6.45, 7) is 2.17. The van der Waals surface area contributed by atoms with Crippen molar-refractivity contribution in [2.45, 2.75) is 43.4 Å². The predicted octanol–water partition coefficient (Wildman–Crippen LogP) is 2.58. The number of hydrogen-bond acceptors (Lipinski definition) is 4. The van der Waals surface area contributed by atoms with E-state index in [0.29, 0.717) is 31.9 Å². The molecule has 166 valence electrons. The van der Waals surface area contributed by atoms with Crippen molar-refractivity contribution in [3.05, 3.63) is 24.3 Å². The number of likely N-dealkylation sites (tertiary alicyclic amines) is 1. The molecule has 2 aliphatic heterocycles. The van der Waals surface area contributed by atoms with Crippen LogP contribution in [0.2, 0.25) is 0 Å². The first-order valence-electron chi connectivity index (χ1n) is 10.7. The normalized spacial score (nSPS) is 21.0. The maximum absolute atomic E-state index is 12.9. The van der Waals surface area contributed by atoms with Crippen LogP contribution in [0.5, 0.6) is 0 Å². The van der Waals surface area contributed by atoms with Crippen LogP contribution < -0.4 is 5.32 Å². The van der Waals surface area contributed by atoms with Crippen molar-refractivity contribution in [3.8, 4) is 0 Å². The van der Waals surface area contributed by atoms with Crippen LogP contribution in [0.4, 0.5) is 10.5 Å². The van der Waals surface area contributed by atoms with E-state index in [-0.39, 0.29) is 22.8 Å². The van der Waals surface area contributed by atoms with Gasteiger partial charge in [-0.1, -0.05) is 12.8 Å². The van der Waals surface area contributed by atoms with Crippen LogP contribution in [0.25, 0.3) is 0 Å². The Hall–Kier alpha value is -2.13. The summed E-state index contributed by atoms with van der Waals surface area (Å²) in [5, 5.41) is 2.87. The van der Waals surface area contributed by atoms with Gasteiger partial charge in [0, 0.05) is 46.0 Å². The van der Waals surface area contributed by atoms with Crippen molar-refractivity contribution in [2.75, 3.05) is 45.6 Å². The van der Waals surface area contributed by atoms with Crippen molar-refractivity contribution < 1.29 is 18.0 Å². The molecule has 0 aliphatic carbocycles. The number of anilines is 1. The molecule has 2 heterocycles. The second-order valence-electron chi connectivity index (χ2n) is 8.29. The van der Waals surface area contributed by atoms with Crippen molar-refractivity contribution in [1.29, 1.82) is 0 Å². The van der Waals surface area contributed by atoms with E-state index >= 15 is 0 Å². The average molecular weight is 437 g/mol. The maximum Gasteiger partial charge on any atom is 0.319 e. The minimum Gasteiger partial charge on any atom is -0.331 e. The number of nitrogens with one attached hydrogen (secondary N) is 1. The smallest absolute Gasteiger partial charge is 0.319 e. The van der Waals surface area contributed by atoms with Crippen LogP contribution in [0.15, 0.2) is 29.2 Å². The zero-order chi connectivity index (χ0) is 21.7. The summed E-state index contributed by atoms with van der Waals surface area (Å²) < 4.78 is 27.3. The molecule has 0 aromatic heterocycles. The van der Waals surface area contributed by atoms with Crippen molar-refractivity contribution >= 4 is 27.6 Å². The highest BCUT2D eigenvalue weighted by molar-refractivity contribution is 7.89. The summed E-state index contributed by atoms with van der Waals surface area (Å²) in [5.74, 6) is -0.419. The molecule has 1 aromatic rings. The first-order chi connectivity index (χ1) is 14.3. The number of amides is 3. The van der Waals surface area contributed by atoms with Gasteiger partial charge in [0.15, 0.2) is 0 Å². The van der Waals surface area contributed by atoms with E-state index < -0.39 is 10.0 Å². The van der Waals surface area contributed by atoms with E-state index in [9.17, 15) is 18.0 Å². The molecule has 3 amide bonds. The number of carbonyl (C=O) groups is 2. The molecule has 3 rings (SSSR count). The number of rotatable bonds is 4. The quantitative estimate of drug-likeness (QED) is 0.786. The van der Waals surface area contributed by atoms with Gasteiger partial charge in [-0.25, -0.2) is 13.2 Å². The fraction of sp³-hybridized carbons (Fsp3) is 0.619. The predicted molar refractivity (Wildman–Crippen MR) is 116 cm³/mol. The SMILES string of the molecule is CN(C)C(=O)N1CCCC(C(=O)Nc2ccc(S(=O)(=O)N3CCCCCC3)cc2)C1. The maximum atomic E-state index is 12.9. The van der Waals surface area contributed by atoms with Gasteiger partial charge in [-0.15, -0.1) is 0 Å². The summed E-state index contributed by atoms with van der Waals surface area (Å²) in [6, 6.07) is 6.29. The number of carbonyl (C=O) groups excluding carboxylic acids is 2. The molecule has 0 bridgehead atoms. The Morgan fingerprint density at radius 3 is 2.20 bits per heavy atom. The second kappa shape index (κ2) is 9.78. The number of sulfonamides is 1. The monoisotopic (exact) mass is 436 g/mol. The molecule has 1 unspecified atom stereocenters. The van der Waals surface area contributed by atoms with Crippen LogP contribution >= 0.6 is 0 Å². The topological polar surface area (TPSA) is 90.0 Å². The Labute approximate surface area is 179 Å². The summed E-state index contributed by atoms with van der Waals surface area (Å²) in [7, 11) is -0.101. The fourth-order valence-corrected chi connectivity index (χ4v) is 5.55. The highest BCUT2D eigenvalue weighted by Gasteiger charge is 2.29. The van der Waals surface area contributed by atoms with Gasteiger partial charge in [-0.05, 0) is 49.9 Å².